The van der Waals surface area contributed by atoms with Crippen molar-refractivity contribution in [3.63, 3.8) is 0 Å². The van der Waals surface area contributed by atoms with Gasteiger partial charge in [0.15, 0.2) is 5.78 Å². The molecule has 1 heterocycles. The summed E-state index contributed by atoms with van der Waals surface area (Å²) in [5.41, 5.74) is 1.41. The largest absolute Gasteiger partial charge is 0.497 e. The normalized spacial score (nSPS) is 12.8. The Morgan fingerprint density at radius 1 is 1.06 bits per heavy atom. The molecule has 0 fully saturated rings. The summed E-state index contributed by atoms with van der Waals surface area (Å²) in [6, 6.07) is 5.07. The summed E-state index contributed by atoms with van der Waals surface area (Å²) in [6.45, 7) is 8.81. The second-order valence-corrected chi connectivity index (χ2v) is 9.69. The Morgan fingerprint density at radius 2 is 1.65 bits per heavy atom. The lowest BCUT2D eigenvalue weighted by molar-refractivity contribution is 0.0593. The number of ketones is 1. The second kappa shape index (κ2) is 9.65. The number of carbonyl (C=O) groups is 2. The summed E-state index contributed by atoms with van der Waals surface area (Å²) < 4.78 is 37.9. The third-order valence-electron chi connectivity index (χ3n) is 5.10. The van der Waals surface area contributed by atoms with Crippen molar-refractivity contribution < 1.29 is 27.5 Å². The van der Waals surface area contributed by atoms with Crippen LogP contribution in [0.5, 0.6) is 5.75 Å². The second-order valence-electron chi connectivity index (χ2n) is 7.80. The minimum atomic E-state index is -3.96. The van der Waals surface area contributed by atoms with Crippen molar-refractivity contribution in [2.45, 2.75) is 45.6 Å². The standard InChI is InChI=1S/C22H30N2O6S/c1-13(2)12-24(31(27,28)18-10-8-17(29-6)9-11-18)16(5)21(25)19-14(3)20(22(26)30-7)23-15(19)4/h8-11,13,16,23H,12H2,1-7H3. The van der Waals surface area contributed by atoms with Crippen LogP contribution in [0.3, 0.4) is 0 Å². The summed E-state index contributed by atoms with van der Waals surface area (Å²) in [6.07, 6.45) is 0. The molecule has 1 unspecified atom stereocenters. The van der Waals surface area contributed by atoms with Crippen LogP contribution >= 0.6 is 0 Å². The zero-order valence-electron chi connectivity index (χ0n) is 19.0. The molecule has 0 aliphatic rings. The number of Topliss-reactive ketones (excluding diaryl/α,β-unsaturated/α-hetero) is 1. The number of aromatic amines is 1. The SMILES string of the molecule is COC(=O)c1[nH]c(C)c(C(=O)C(C)N(CC(C)C)S(=O)(=O)c2ccc(OC)cc2)c1C. The first kappa shape index (κ1) is 24.6. The van der Waals surface area contributed by atoms with Crippen molar-refractivity contribution in [1.82, 2.24) is 9.29 Å². The Morgan fingerprint density at radius 3 is 2.13 bits per heavy atom. The molecule has 0 aliphatic heterocycles. The molecule has 9 heteroatoms. The third-order valence-corrected chi connectivity index (χ3v) is 7.05. The number of methoxy groups -OCH3 is 2. The van der Waals surface area contributed by atoms with Gasteiger partial charge in [0.05, 0.1) is 25.2 Å². The van der Waals surface area contributed by atoms with E-state index < -0.39 is 22.0 Å². The zero-order valence-corrected chi connectivity index (χ0v) is 19.8. The van der Waals surface area contributed by atoms with E-state index in [0.717, 1.165) is 0 Å². The quantitative estimate of drug-likeness (QED) is 0.464. The molecule has 2 rings (SSSR count). The number of esters is 1. The van der Waals surface area contributed by atoms with Gasteiger partial charge in [-0.1, -0.05) is 13.8 Å². The number of carbonyl (C=O) groups excluding carboxylic acids is 2. The maximum absolute atomic E-state index is 13.4. The van der Waals surface area contributed by atoms with Crippen molar-refractivity contribution >= 4 is 21.8 Å². The highest BCUT2D eigenvalue weighted by Gasteiger charge is 2.36. The number of ether oxygens (including phenoxy) is 2. The van der Waals surface area contributed by atoms with Crippen LogP contribution in [0, 0.1) is 19.8 Å². The van der Waals surface area contributed by atoms with Crippen LogP contribution in [0.15, 0.2) is 29.2 Å². The van der Waals surface area contributed by atoms with Gasteiger partial charge in [0, 0.05) is 17.8 Å². The molecule has 1 atom stereocenters. The lowest BCUT2D eigenvalue weighted by Gasteiger charge is -2.29. The monoisotopic (exact) mass is 450 g/mol. The summed E-state index contributed by atoms with van der Waals surface area (Å²) in [5, 5.41) is 0. The highest BCUT2D eigenvalue weighted by molar-refractivity contribution is 7.89. The van der Waals surface area contributed by atoms with Crippen molar-refractivity contribution in [3.8, 4) is 5.75 Å². The summed E-state index contributed by atoms with van der Waals surface area (Å²) in [4.78, 5) is 28.4. The highest BCUT2D eigenvalue weighted by Crippen LogP contribution is 2.26. The number of sulfonamides is 1. The molecule has 0 saturated carbocycles. The van der Waals surface area contributed by atoms with E-state index in [2.05, 4.69) is 4.98 Å². The number of nitrogens with one attached hydrogen (secondary N) is 1. The molecule has 31 heavy (non-hydrogen) atoms. The number of aromatic nitrogens is 1. The lowest BCUT2D eigenvalue weighted by atomic mass is 10.0. The fraction of sp³-hybridized carbons (Fsp3) is 0.455. The molecular formula is C22H30N2O6S. The molecule has 2 aromatic rings. The van der Waals surface area contributed by atoms with Gasteiger partial charge < -0.3 is 14.5 Å². The van der Waals surface area contributed by atoms with Crippen LogP contribution in [0.2, 0.25) is 0 Å². The van der Waals surface area contributed by atoms with Gasteiger partial charge in [0.1, 0.15) is 11.4 Å². The smallest absolute Gasteiger partial charge is 0.354 e. The minimum absolute atomic E-state index is 0.0117. The van der Waals surface area contributed by atoms with E-state index in [9.17, 15) is 18.0 Å². The molecular weight excluding hydrogens is 420 g/mol. The number of aryl methyl sites for hydroxylation is 1. The van der Waals surface area contributed by atoms with Crippen LogP contribution in [0.25, 0.3) is 0 Å². The van der Waals surface area contributed by atoms with Crippen LogP contribution < -0.4 is 4.74 Å². The summed E-state index contributed by atoms with van der Waals surface area (Å²) in [7, 11) is -1.20. The fourth-order valence-corrected chi connectivity index (χ4v) is 5.23. The van der Waals surface area contributed by atoms with E-state index in [1.54, 1.807) is 32.9 Å². The molecule has 1 aromatic heterocycles. The molecule has 0 amide bonds. The molecule has 0 radical (unpaired) electrons. The summed E-state index contributed by atoms with van der Waals surface area (Å²) >= 11 is 0. The van der Waals surface area contributed by atoms with E-state index in [-0.39, 0.29) is 28.8 Å². The Kier molecular flexibility index (Phi) is 7.67. The molecule has 0 bridgehead atoms. The van der Waals surface area contributed by atoms with E-state index in [1.807, 2.05) is 13.8 Å². The Balaban J connectivity index is 2.50. The van der Waals surface area contributed by atoms with Crippen molar-refractivity contribution in [2.24, 2.45) is 5.92 Å². The third kappa shape index (κ3) is 4.99. The van der Waals surface area contributed by atoms with Crippen LogP contribution in [-0.4, -0.2) is 56.3 Å². The predicted molar refractivity (Wildman–Crippen MR) is 117 cm³/mol. The highest BCUT2D eigenvalue weighted by atomic mass is 32.2. The molecule has 1 N–H and O–H groups in total. The molecule has 1 aromatic carbocycles. The van der Waals surface area contributed by atoms with Gasteiger partial charge in [0.25, 0.3) is 0 Å². The Bertz CT molecular complexity index is 1050. The minimum Gasteiger partial charge on any atom is -0.497 e. The number of H-pyrrole nitrogens is 1. The Labute approximate surface area is 183 Å². The zero-order chi connectivity index (χ0) is 23.5. The Hall–Kier alpha value is -2.65. The van der Waals surface area contributed by atoms with Gasteiger partial charge in [-0.05, 0) is 56.5 Å². The average molecular weight is 451 g/mol. The molecule has 0 spiro atoms. The van der Waals surface area contributed by atoms with Gasteiger partial charge in [-0.3, -0.25) is 4.79 Å². The number of rotatable bonds is 9. The van der Waals surface area contributed by atoms with E-state index in [0.29, 0.717) is 22.6 Å². The van der Waals surface area contributed by atoms with Crippen LogP contribution in [-0.2, 0) is 14.8 Å². The van der Waals surface area contributed by atoms with Crippen molar-refractivity contribution in [3.05, 3.63) is 46.8 Å². The predicted octanol–water partition coefficient (Wildman–Crippen LogP) is 3.34. The topological polar surface area (TPSA) is 106 Å². The van der Waals surface area contributed by atoms with E-state index >= 15 is 0 Å². The molecule has 8 nitrogen and oxygen atoms in total. The average Bonchev–Trinajstić information content (AvgIpc) is 3.04. The van der Waals surface area contributed by atoms with Gasteiger partial charge in [0.2, 0.25) is 10.0 Å². The van der Waals surface area contributed by atoms with Crippen LogP contribution in [0.1, 0.15) is 52.9 Å². The first-order chi connectivity index (χ1) is 14.4. The number of nitrogens with zero attached hydrogens (tertiary/aromatic N) is 1. The summed E-state index contributed by atoms with van der Waals surface area (Å²) in [5.74, 6) is -0.453. The van der Waals surface area contributed by atoms with Gasteiger partial charge in [-0.25, -0.2) is 13.2 Å². The maximum atomic E-state index is 13.4. The molecule has 0 saturated heterocycles. The lowest BCUT2D eigenvalue weighted by Crippen LogP contribution is -2.45. The first-order valence-corrected chi connectivity index (χ1v) is 11.4. The van der Waals surface area contributed by atoms with Crippen molar-refractivity contribution in [2.75, 3.05) is 20.8 Å². The fourth-order valence-electron chi connectivity index (χ4n) is 3.47. The van der Waals surface area contributed by atoms with Gasteiger partial charge in [-0.15, -0.1) is 0 Å². The van der Waals surface area contributed by atoms with E-state index in [4.69, 9.17) is 9.47 Å². The van der Waals surface area contributed by atoms with Crippen LogP contribution in [0.4, 0.5) is 0 Å². The molecule has 170 valence electrons. The number of benzene rings is 1. The van der Waals surface area contributed by atoms with Gasteiger partial charge >= 0.3 is 5.97 Å². The number of hydrogen-bond acceptors (Lipinski definition) is 6. The number of hydrogen-bond donors (Lipinski definition) is 1. The van der Waals surface area contributed by atoms with Gasteiger partial charge in [-0.2, -0.15) is 4.31 Å². The van der Waals surface area contributed by atoms with E-state index in [1.165, 1.54) is 30.7 Å². The first-order valence-electron chi connectivity index (χ1n) is 9.93. The van der Waals surface area contributed by atoms with Crippen molar-refractivity contribution in [1.29, 1.82) is 0 Å². The molecule has 0 aliphatic carbocycles. The maximum Gasteiger partial charge on any atom is 0.354 e.